The summed E-state index contributed by atoms with van der Waals surface area (Å²) in [6, 6.07) is 14.1. The number of halogens is 3. The second-order valence-corrected chi connectivity index (χ2v) is 11.9. The molecule has 2 aromatic rings. The maximum absolute atomic E-state index is 14.5. The van der Waals surface area contributed by atoms with Gasteiger partial charge in [-0.2, -0.15) is 13.2 Å². The van der Waals surface area contributed by atoms with E-state index in [0.717, 1.165) is 31.4 Å². The van der Waals surface area contributed by atoms with E-state index < -0.39 is 24.8 Å². The van der Waals surface area contributed by atoms with Crippen molar-refractivity contribution in [1.82, 2.24) is 0 Å². The molecule has 1 aliphatic rings. The first-order valence-corrected chi connectivity index (χ1v) is 12.7. The van der Waals surface area contributed by atoms with Crippen LogP contribution in [0.2, 0.25) is 0 Å². The Morgan fingerprint density at radius 3 is 2.13 bits per heavy atom. The van der Waals surface area contributed by atoms with Crippen LogP contribution in [0.4, 0.5) is 13.2 Å². The van der Waals surface area contributed by atoms with Crippen LogP contribution in [0.3, 0.4) is 0 Å². The van der Waals surface area contributed by atoms with E-state index in [2.05, 4.69) is 20.8 Å². The summed E-state index contributed by atoms with van der Waals surface area (Å²) in [6.07, 6.45) is -1.52. The summed E-state index contributed by atoms with van der Waals surface area (Å²) >= 11 is 0. The monoisotopic (exact) mass is 452 g/mol. The largest absolute Gasteiger partial charge is 0.416 e. The van der Waals surface area contributed by atoms with Crippen LogP contribution < -0.4 is 5.30 Å². The number of alkyl halides is 3. The highest BCUT2D eigenvalue weighted by molar-refractivity contribution is 7.67. The normalized spacial score (nSPS) is 25.2. The molecule has 0 saturated heterocycles. The molecule has 1 aliphatic carbocycles. The van der Waals surface area contributed by atoms with E-state index in [1.165, 1.54) is 12.1 Å². The molecule has 2 nitrogen and oxygen atoms in total. The molecule has 0 aliphatic heterocycles. The van der Waals surface area contributed by atoms with Crippen LogP contribution in [0.15, 0.2) is 54.6 Å². The molecular formula is C25H32F3O2P. The molecule has 0 bridgehead atoms. The molecule has 0 aromatic heterocycles. The fraction of sp³-hybridized carbons (Fsp3) is 0.520. The molecule has 0 heterocycles. The van der Waals surface area contributed by atoms with Crippen molar-refractivity contribution in [3.8, 4) is 0 Å². The molecule has 31 heavy (non-hydrogen) atoms. The van der Waals surface area contributed by atoms with Crippen molar-refractivity contribution in [2.75, 3.05) is 0 Å². The Kier molecular flexibility index (Phi) is 7.38. The molecule has 0 N–H and O–H groups in total. The van der Waals surface area contributed by atoms with Gasteiger partial charge in [0, 0.05) is 5.30 Å². The van der Waals surface area contributed by atoms with Gasteiger partial charge in [0.2, 0.25) is 7.37 Å². The first-order chi connectivity index (χ1) is 14.5. The average Bonchev–Trinajstić information content (AvgIpc) is 2.73. The lowest BCUT2D eigenvalue weighted by Gasteiger charge is -2.40. The summed E-state index contributed by atoms with van der Waals surface area (Å²) < 4.78 is 60.1. The van der Waals surface area contributed by atoms with Crippen LogP contribution >= 0.6 is 7.37 Å². The standard InChI is InChI=1S/C25H32F3O2P/c1-17(2)23-15-10-18(3)16-24(23)30-31(29,22-8-6-5-7-9-22)19(4)20-11-13-21(14-12-20)25(26,27)28/h5-9,11-14,17-19,23-24H,10,15-16H2,1-4H3/t18-,19+,23+,24-,31-/m1/s1. The molecule has 3 rings (SSSR count). The van der Waals surface area contributed by atoms with Crippen LogP contribution in [-0.4, -0.2) is 6.10 Å². The molecule has 0 amide bonds. The number of hydrogen-bond donors (Lipinski definition) is 0. The van der Waals surface area contributed by atoms with E-state index in [4.69, 9.17) is 4.52 Å². The Morgan fingerprint density at radius 1 is 0.968 bits per heavy atom. The van der Waals surface area contributed by atoms with Crippen molar-refractivity contribution in [2.45, 2.75) is 64.9 Å². The predicted octanol–water partition coefficient (Wildman–Crippen LogP) is 7.85. The van der Waals surface area contributed by atoms with E-state index in [9.17, 15) is 17.7 Å². The molecule has 2 aromatic carbocycles. The Hall–Kier alpha value is -1.58. The minimum absolute atomic E-state index is 0.133. The fourth-order valence-electron chi connectivity index (χ4n) is 4.60. The van der Waals surface area contributed by atoms with Gasteiger partial charge in [0.25, 0.3) is 0 Å². The minimum atomic E-state index is -4.40. The molecular weight excluding hydrogens is 420 g/mol. The van der Waals surface area contributed by atoms with Crippen molar-refractivity contribution in [2.24, 2.45) is 17.8 Å². The zero-order valence-electron chi connectivity index (χ0n) is 18.6. The van der Waals surface area contributed by atoms with Gasteiger partial charge in [-0.1, -0.05) is 57.5 Å². The lowest BCUT2D eigenvalue weighted by molar-refractivity contribution is -0.137. The van der Waals surface area contributed by atoms with Crippen molar-refractivity contribution in [3.05, 3.63) is 65.7 Å². The zero-order valence-corrected chi connectivity index (χ0v) is 19.5. The molecule has 6 heteroatoms. The SMILES string of the molecule is CC(C)[C@@H]1CC[C@@H](C)C[C@H]1O[P@@](=O)(c1ccccc1)[C@@H](C)c1ccc(C(F)(F)F)cc1. The molecule has 170 valence electrons. The Morgan fingerprint density at radius 2 is 1.58 bits per heavy atom. The van der Waals surface area contributed by atoms with Crippen molar-refractivity contribution < 1.29 is 22.3 Å². The van der Waals surface area contributed by atoms with Crippen LogP contribution in [0, 0.1) is 17.8 Å². The highest BCUT2D eigenvalue weighted by Crippen LogP contribution is 2.61. The second-order valence-electron chi connectivity index (χ2n) is 9.20. The topological polar surface area (TPSA) is 26.3 Å². The molecule has 0 unspecified atom stereocenters. The third kappa shape index (κ3) is 5.43. The summed E-state index contributed by atoms with van der Waals surface area (Å²) in [7, 11) is -3.39. The van der Waals surface area contributed by atoms with E-state index in [-0.39, 0.29) is 6.10 Å². The van der Waals surface area contributed by atoms with Crippen LogP contribution in [0.5, 0.6) is 0 Å². The minimum Gasteiger partial charge on any atom is -0.321 e. The van der Waals surface area contributed by atoms with Gasteiger partial charge < -0.3 is 4.52 Å². The summed E-state index contributed by atoms with van der Waals surface area (Å²) in [4.78, 5) is 0. The van der Waals surface area contributed by atoms with Gasteiger partial charge in [-0.15, -0.1) is 0 Å². The van der Waals surface area contributed by atoms with Gasteiger partial charge in [0.05, 0.1) is 17.3 Å². The van der Waals surface area contributed by atoms with Crippen LogP contribution in [0.1, 0.15) is 63.7 Å². The third-order valence-electron chi connectivity index (χ3n) is 6.60. The lowest BCUT2D eigenvalue weighted by Crippen LogP contribution is -2.35. The maximum atomic E-state index is 14.5. The van der Waals surface area contributed by atoms with Crippen molar-refractivity contribution >= 4 is 12.7 Å². The van der Waals surface area contributed by atoms with E-state index in [0.29, 0.717) is 28.6 Å². The Labute approximate surface area is 183 Å². The first kappa shape index (κ1) is 24.1. The fourth-order valence-corrected chi connectivity index (χ4v) is 7.14. The predicted molar refractivity (Wildman–Crippen MR) is 120 cm³/mol. The summed E-state index contributed by atoms with van der Waals surface area (Å²) in [5.74, 6) is 1.21. The summed E-state index contributed by atoms with van der Waals surface area (Å²) in [5, 5.41) is 0.614. The average molecular weight is 452 g/mol. The van der Waals surface area contributed by atoms with E-state index in [1.807, 2.05) is 18.2 Å². The van der Waals surface area contributed by atoms with Crippen LogP contribution in [0.25, 0.3) is 0 Å². The maximum Gasteiger partial charge on any atom is 0.416 e. The molecule has 1 saturated carbocycles. The van der Waals surface area contributed by atoms with Crippen molar-refractivity contribution in [1.29, 1.82) is 0 Å². The lowest BCUT2D eigenvalue weighted by atomic mass is 9.75. The number of benzene rings is 2. The summed E-state index contributed by atoms with van der Waals surface area (Å²) in [5.41, 5.74) is -0.674. The zero-order chi connectivity index (χ0) is 22.8. The van der Waals surface area contributed by atoms with E-state index in [1.54, 1.807) is 19.1 Å². The quantitative estimate of drug-likeness (QED) is 0.417. The smallest absolute Gasteiger partial charge is 0.321 e. The third-order valence-corrected chi connectivity index (χ3v) is 9.52. The molecule has 0 spiro atoms. The first-order valence-electron chi connectivity index (χ1n) is 11.0. The number of hydrogen-bond acceptors (Lipinski definition) is 2. The van der Waals surface area contributed by atoms with Gasteiger partial charge in [-0.25, -0.2) is 0 Å². The van der Waals surface area contributed by atoms with Gasteiger partial charge >= 0.3 is 6.18 Å². The second kappa shape index (κ2) is 9.50. The summed E-state index contributed by atoms with van der Waals surface area (Å²) in [6.45, 7) is 8.33. The Bertz CT molecular complexity index is 893. The molecule has 5 atom stereocenters. The highest BCUT2D eigenvalue weighted by atomic mass is 31.2. The number of rotatable bonds is 6. The molecule has 0 radical (unpaired) electrons. The molecule has 1 fully saturated rings. The van der Waals surface area contributed by atoms with Crippen molar-refractivity contribution in [3.63, 3.8) is 0 Å². The Balaban J connectivity index is 1.98. The van der Waals surface area contributed by atoms with Gasteiger partial charge in [-0.3, -0.25) is 4.57 Å². The van der Waals surface area contributed by atoms with E-state index >= 15 is 0 Å². The van der Waals surface area contributed by atoms with Gasteiger partial charge in [-0.05, 0) is 67.3 Å². The van der Waals surface area contributed by atoms with Gasteiger partial charge in [0.1, 0.15) is 0 Å². The van der Waals surface area contributed by atoms with Crippen LogP contribution in [-0.2, 0) is 15.3 Å². The highest BCUT2D eigenvalue weighted by Gasteiger charge is 2.41. The van der Waals surface area contributed by atoms with Gasteiger partial charge in [0.15, 0.2) is 0 Å².